The van der Waals surface area contributed by atoms with Gasteiger partial charge in [0.1, 0.15) is 0 Å². The zero-order valence-electron chi connectivity index (χ0n) is 7.00. The van der Waals surface area contributed by atoms with Crippen LogP contribution in [0.2, 0.25) is 0 Å². The van der Waals surface area contributed by atoms with Gasteiger partial charge in [0, 0.05) is 19.1 Å². The van der Waals surface area contributed by atoms with Gasteiger partial charge in [0.15, 0.2) is 0 Å². The van der Waals surface area contributed by atoms with Crippen molar-refractivity contribution in [1.82, 2.24) is 4.90 Å². The van der Waals surface area contributed by atoms with Crippen molar-refractivity contribution in [2.75, 3.05) is 13.1 Å². The van der Waals surface area contributed by atoms with E-state index in [4.69, 9.17) is 5.11 Å². The van der Waals surface area contributed by atoms with Crippen LogP contribution in [0.25, 0.3) is 0 Å². The lowest BCUT2D eigenvalue weighted by Gasteiger charge is -2.43. The number of β-amino-alcohol motifs (C(OH)–C–C–N with tert-alkyl or cyclic N) is 1. The van der Waals surface area contributed by atoms with Crippen molar-refractivity contribution < 1.29 is 5.11 Å². The molecule has 2 aliphatic rings. The van der Waals surface area contributed by atoms with E-state index in [0.29, 0.717) is 0 Å². The molecule has 1 saturated carbocycles. The van der Waals surface area contributed by atoms with Crippen LogP contribution in [-0.4, -0.2) is 35.2 Å². The number of hydrogen-bond donors (Lipinski definition) is 1. The first-order valence-electron chi connectivity index (χ1n) is 4.78. The summed E-state index contributed by atoms with van der Waals surface area (Å²) in [5, 5.41) is 9.11. The minimum Gasteiger partial charge on any atom is -0.390 e. The monoisotopic (exact) mass is 155 g/mol. The Labute approximate surface area is 68.2 Å². The minimum atomic E-state index is -0.0167. The predicted molar refractivity (Wildman–Crippen MR) is 44.5 cm³/mol. The van der Waals surface area contributed by atoms with E-state index in [1.807, 2.05) is 0 Å². The average molecular weight is 155 g/mol. The van der Waals surface area contributed by atoms with Gasteiger partial charge in [-0.25, -0.2) is 0 Å². The van der Waals surface area contributed by atoms with E-state index in [-0.39, 0.29) is 6.10 Å². The van der Waals surface area contributed by atoms with Gasteiger partial charge in [-0.15, -0.1) is 0 Å². The molecule has 1 aliphatic heterocycles. The third kappa shape index (κ3) is 1.57. The second-order valence-electron chi connectivity index (χ2n) is 3.90. The molecular weight excluding hydrogens is 138 g/mol. The van der Waals surface area contributed by atoms with Gasteiger partial charge in [-0.3, -0.25) is 4.90 Å². The van der Waals surface area contributed by atoms with E-state index in [1.165, 1.54) is 32.1 Å². The van der Waals surface area contributed by atoms with Crippen LogP contribution in [0.5, 0.6) is 0 Å². The Bertz CT molecular complexity index is 126. The van der Waals surface area contributed by atoms with Crippen LogP contribution in [0.3, 0.4) is 0 Å². The molecule has 1 heterocycles. The Kier molecular flexibility index (Phi) is 2.14. The standard InChI is InChI=1S/C9H17NO/c11-9-6-10(7-9)8-4-2-1-3-5-8/h8-9,11H,1-7H2. The van der Waals surface area contributed by atoms with Gasteiger partial charge in [0.25, 0.3) is 0 Å². The van der Waals surface area contributed by atoms with Gasteiger partial charge in [0.2, 0.25) is 0 Å². The smallest absolute Gasteiger partial charge is 0.0794 e. The number of nitrogens with zero attached hydrogens (tertiary/aromatic N) is 1. The Balaban J connectivity index is 1.76. The summed E-state index contributed by atoms with van der Waals surface area (Å²) >= 11 is 0. The Hall–Kier alpha value is -0.0800. The summed E-state index contributed by atoms with van der Waals surface area (Å²) in [6, 6.07) is 0.812. The third-order valence-electron chi connectivity index (χ3n) is 2.98. The maximum Gasteiger partial charge on any atom is 0.0794 e. The quantitative estimate of drug-likeness (QED) is 0.610. The summed E-state index contributed by atoms with van der Waals surface area (Å²) in [7, 11) is 0. The zero-order chi connectivity index (χ0) is 7.68. The summed E-state index contributed by atoms with van der Waals surface area (Å²) in [5.41, 5.74) is 0. The van der Waals surface area contributed by atoms with Crippen molar-refractivity contribution in [2.45, 2.75) is 44.2 Å². The minimum absolute atomic E-state index is 0.0167. The van der Waals surface area contributed by atoms with Crippen LogP contribution in [0.4, 0.5) is 0 Å². The fourth-order valence-corrected chi connectivity index (χ4v) is 2.23. The van der Waals surface area contributed by atoms with E-state index in [1.54, 1.807) is 0 Å². The molecule has 0 bridgehead atoms. The summed E-state index contributed by atoms with van der Waals surface area (Å²) in [4.78, 5) is 2.43. The lowest BCUT2D eigenvalue weighted by molar-refractivity contribution is -0.0331. The molecule has 0 aromatic carbocycles. The van der Waals surface area contributed by atoms with Gasteiger partial charge >= 0.3 is 0 Å². The maximum atomic E-state index is 9.11. The number of aliphatic hydroxyl groups excluding tert-OH is 1. The Morgan fingerprint density at radius 1 is 1.00 bits per heavy atom. The highest BCUT2D eigenvalue weighted by Crippen LogP contribution is 2.25. The molecular formula is C9H17NO. The molecule has 0 unspecified atom stereocenters. The van der Waals surface area contributed by atoms with Crippen LogP contribution in [0, 0.1) is 0 Å². The Morgan fingerprint density at radius 2 is 1.64 bits per heavy atom. The lowest BCUT2D eigenvalue weighted by Crippen LogP contribution is -2.55. The molecule has 1 aliphatic carbocycles. The largest absolute Gasteiger partial charge is 0.390 e. The molecule has 0 atom stereocenters. The van der Waals surface area contributed by atoms with Crippen LogP contribution in [-0.2, 0) is 0 Å². The predicted octanol–water partition coefficient (Wildman–Crippen LogP) is 0.996. The molecule has 11 heavy (non-hydrogen) atoms. The molecule has 2 nitrogen and oxygen atoms in total. The van der Waals surface area contributed by atoms with Crippen molar-refractivity contribution >= 4 is 0 Å². The van der Waals surface area contributed by atoms with Gasteiger partial charge in [-0.2, -0.15) is 0 Å². The van der Waals surface area contributed by atoms with Crippen molar-refractivity contribution in [2.24, 2.45) is 0 Å². The van der Waals surface area contributed by atoms with E-state index in [9.17, 15) is 0 Å². The molecule has 0 radical (unpaired) electrons. The highest BCUT2D eigenvalue weighted by atomic mass is 16.3. The number of rotatable bonds is 1. The van der Waals surface area contributed by atoms with Gasteiger partial charge in [-0.1, -0.05) is 19.3 Å². The lowest BCUT2D eigenvalue weighted by atomic mass is 9.92. The SMILES string of the molecule is OC1CN(C2CCCCC2)C1. The van der Waals surface area contributed by atoms with E-state index < -0.39 is 0 Å². The van der Waals surface area contributed by atoms with Crippen LogP contribution >= 0.6 is 0 Å². The van der Waals surface area contributed by atoms with Crippen LogP contribution in [0.1, 0.15) is 32.1 Å². The fraction of sp³-hybridized carbons (Fsp3) is 1.00. The number of likely N-dealkylation sites (tertiary alicyclic amines) is 1. The van der Waals surface area contributed by atoms with Crippen molar-refractivity contribution in [1.29, 1.82) is 0 Å². The molecule has 0 aromatic heterocycles. The van der Waals surface area contributed by atoms with Gasteiger partial charge in [-0.05, 0) is 12.8 Å². The number of aliphatic hydroxyl groups is 1. The summed E-state index contributed by atoms with van der Waals surface area (Å²) < 4.78 is 0. The first kappa shape index (κ1) is 7.56. The normalized spacial score (nSPS) is 30.3. The maximum absolute atomic E-state index is 9.11. The molecule has 1 saturated heterocycles. The Morgan fingerprint density at radius 3 is 2.18 bits per heavy atom. The van der Waals surface area contributed by atoms with E-state index in [0.717, 1.165) is 19.1 Å². The summed E-state index contributed by atoms with van der Waals surface area (Å²) in [5.74, 6) is 0. The van der Waals surface area contributed by atoms with Crippen LogP contribution < -0.4 is 0 Å². The van der Waals surface area contributed by atoms with E-state index >= 15 is 0 Å². The molecule has 64 valence electrons. The van der Waals surface area contributed by atoms with Crippen molar-refractivity contribution in [3.63, 3.8) is 0 Å². The molecule has 2 fully saturated rings. The van der Waals surface area contributed by atoms with Crippen LogP contribution in [0.15, 0.2) is 0 Å². The van der Waals surface area contributed by atoms with Crippen molar-refractivity contribution in [3.05, 3.63) is 0 Å². The van der Waals surface area contributed by atoms with E-state index in [2.05, 4.69) is 4.90 Å². The molecule has 0 spiro atoms. The van der Waals surface area contributed by atoms with Gasteiger partial charge < -0.3 is 5.11 Å². The third-order valence-corrected chi connectivity index (χ3v) is 2.98. The highest BCUT2D eigenvalue weighted by Gasteiger charge is 2.31. The molecule has 2 heteroatoms. The topological polar surface area (TPSA) is 23.5 Å². The molecule has 2 rings (SSSR count). The highest BCUT2D eigenvalue weighted by molar-refractivity contribution is 4.86. The second-order valence-corrected chi connectivity index (χ2v) is 3.90. The molecule has 0 aromatic rings. The zero-order valence-corrected chi connectivity index (χ0v) is 7.00. The first-order valence-corrected chi connectivity index (χ1v) is 4.78. The summed E-state index contributed by atoms with van der Waals surface area (Å²) in [6.07, 6.45) is 6.94. The first-order chi connectivity index (χ1) is 5.36. The molecule has 0 amide bonds. The number of hydrogen-bond acceptors (Lipinski definition) is 2. The second kappa shape index (κ2) is 3.11. The average Bonchev–Trinajstić information content (AvgIpc) is 2.01. The van der Waals surface area contributed by atoms with Crippen molar-refractivity contribution in [3.8, 4) is 0 Å². The fourth-order valence-electron chi connectivity index (χ4n) is 2.23. The summed E-state index contributed by atoms with van der Waals surface area (Å²) in [6.45, 7) is 1.87. The molecule has 1 N–H and O–H groups in total. The van der Waals surface area contributed by atoms with Gasteiger partial charge in [0.05, 0.1) is 6.10 Å².